The lowest BCUT2D eigenvalue weighted by Crippen LogP contribution is -2.37. The summed E-state index contributed by atoms with van der Waals surface area (Å²) >= 11 is 0. The van der Waals surface area contributed by atoms with Crippen LogP contribution in [0.3, 0.4) is 0 Å². The Bertz CT molecular complexity index is 915. The number of carbonyl (C=O) groups excluding carboxylic acids is 1. The van der Waals surface area contributed by atoms with Crippen LogP contribution in [-0.2, 0) is 14.8 Å². The first-order valence-corrected chi connectivity index (χ1v) is 9.90. The summed E-state index contributed by atoms with van der Waals surface area (Å²) in [6.45, 7) is 3.18. The number of carbonyl (C=O) groups is 1. The number of nitrogens with zero attached hydrogens (tertiary/aromatic N) is 1. The molecule has 1 N–H and O–H groups in total. The van der Waals surface area contributed by atoms with E-state index in [0.29, 0.717) is 15.7 Å². The number of hydrogen-bond acceptors (Lipinski definition) is 4. The Kier molecular flexibility index (Phi) is 6.37. The van der Waals surface area contributed by atoms with Crippen LogP contribution in [0.5, 0.6) is 5.75 Å². The number of benzene rings is 2. The molecule has 0 atom stereocenters. The maximum absolute atomic E-state index is 13.4. The van der Waals surface area contributed by atoms with E-state index in [9.17, 15) is 22.0 Å². The first-order chi connectivity index (χ1) is 12.6. The zero-order chi connectivity index (χ0) is 20.2. The fourth-order valence-electron chi connectivity index (χ4n) is 2.26. The van der Waals surface area contributed by atoms with Crippen molar-refractivity contribution in [2.45, 2.75) is 20.0 Å². The van der Waals surface area contributed by atoms with E-state index in [-0.39, 0.29) is 11.8 Å². The van der Waals surface area contributed by atoms with Gasteiger partial charge in [-0.15, -0.1) is 0 Å². The largest absolute Gasteiger partial charge is 0.491 e. The predicted molar refractivity (Wildman–Crippen MR) is 99.4 cm³/mol. The molecular weight excluding hydrogens is 378 g/mol. The van der Waals surface area contributed by atoms with Crippen LogP contribution >= 0.6 is 0 Å². The third kappa shape index (κ3) is 5.92. The van der Waals surface area contributed by atoms with Crippen LogP contribution in [0, 0.1) is 11.6 Å². The van der Waals surface area contributed by atoms with Crippen LogP contribution < -0.4 is 14.4 Å². The van der Waals surface area contributed by atoms with Gasteiger partial charge >= 0.3 is 0 Å². The highest BCUT2D eigenvalue weighted by Crippen LogP contribution is 2.21. The van der Waals surface area contributed by atoms with Gasteiger partial charge in [0.25, 0.3) is 0 Å². The van der Waals surface area contributed by atoms with E-state index in [2.05, 4.69) is 5.32 Å². The quantitative estimate of drug-likeness (QED) is 0.777. The van der Waals surface area contributed by atoms with Gasteiger partial charge in [0.05, 0.1) is 18.0 Å². The zero-order valence-electron chi connectivity index (χ0n) is 15.1. The van der Waals surface area contributed by atoms with Gasteiger partial charge in [-0.25, -0.2) is 17.2 Å². The number of rotatable bonds is 7. The van der Waals surface area contributed by atoms with Crippen molar-refractivity contribution in [3.05, 3.63) is 54.1 Å². The topological polar surface area (TPSA) is 75.7 Å². The maximum atomic E-state index is 13.4. The molecule has 2 rings (SSSR count). The summed E-state index contributed by atoms with van der Waals surface area (Å²) in [5.74, 6) is -2.33. The molecule has 0 aliphatic rings. The van der Waals surface area contributed by atoms with Crippen molar-refractivity contribution in [2.24, 2.45) is 0 Å². The van der Waals surface area contributed by atoms with E-state index in [4.69, 9.17) is 4.74 Å². The van der Waals surface area contributed by atoms with Crippen molar-refractivity contribution in [3.8, 4) is 5.75 Å². The molecule has 0 saturated heterocycles. The van der Waals surface area contributed by atoms with Gasteiger partial charge in [0.1, 0.15) is 12.3 Å². The smallest absolute Gasteiger partial charge is 0.245 e. The molecule has 1 amide bonds. The van der Waals surface area contributed by atoms with Crippen LogP contribution in [-0.4, -0.2) is 33.2 Å². The number of sulfonamides is 1. The van der Waals surface area contributed by atoms with Crippen molar-refractivity contribution in [3.63, 3.8) is 0 Å². The van der Waals surface area contributed by atoms with Gasteiger partial charge in [-0.05, 0) is 50.2 Å². The van der Waals surface area contributed by atoms with Crippen molar-refractivity contribution in [1.29, 1.82) is 0 Å². The van der Waals surface area contributed by atoms with Gasteiger partial charge in [0.2, 0.25) is 15.9 Å². The van der Waals surface area contributed by atoms with E-state index < -0.39 is 34.1 Å². The number of amides is 1. The van der Waals surface area contributed by atoms with Gasteiger partial charge < -0.3 is 10.1 Å². The summed E-state index contributed by atoms with van der Waals surface area (Å²) in [7, 11) is -3.89. The van der Waals surface area contributed by atoms with Crippen LogP contribution in [0.2, 0.25) is 0 Å². The molecular formula is C18H20F2N2O4S. The minimum absolute atomic E-state index is 0.00450. The van der Waals surface area contributed by atoms with Crippen molar-refractivity contribution in [2.75, 3.05) is 22.4 Å². The molecule has 0 fully saturated rings. The summed E-state index contributed by atoms with van der Waals surface area (Å²) < 4.78 is 56.7. The minimum Gasteiger partial charge on any atom is -0.491 e. The van der Waals surface area contributed by atoms with Crippen molar-refractivity contribution in [1.82, 2.24) is 0 Å². The Balaban J connectivity index is 2.13. The second-order valence-electron chi connectivity index (χ2n) is 6.11. The first-order valence-electron chi connectivity index (χ1n) is 8.05. The van der Waals surface area contributed by atoms with E-state index in [1.807, 2.05) is 13.8 Å². The summed E-state index contributed by atoms with van der Waals surface area (Å²) in [6.07, 6.45) is 0.879. The summed E-state index contributed by atoms with van der Waals surface area (Å²) in [5.41, 5.74) is 0.294. The zero-order valence-corrected chi connectivity index (χ0v) is 15.9. The van der Waals surface area contributed by atoms with Crippen molar-refractivity contribution >= 4 is 27.3 Å². The lowest BCUT2D eigenvalue weighted by molar-refractivity contribution is -0.114. The third-order valence-electron chi connectivity index (χ3n) is 3.39. The van der Waals surface area contributed by atoms with Gasteiger partial charge in [0, 0.05) is 11.8 Å². The molecule has 0 aliphatic carbocycles. The fourth-order valence-corrected chi connectivity index (χ4v) is 3.11. The number of halogens is 2. The maximum Gasteiger partial charge on any atom is 0.245 e. The van der Waals surface area contributed by atoms with E-state index >= 15 is 0 Å². The van der Waals surface area contributed by atoms with Crippen LogP contribution in [0.1, 0.15) is 13.8 Å². The number of nitrogens with one attached hydrogen (secondary N) is 1. The average molecular weight is 398 g/mol. The Morgan fingerprint density at radius 1 is 1.11 bits per heavy atom. The van der Waals surface area contributed by atoms with E-state index in [1.165, 1.54) is 0 Å². The molecule has 0 unspecified atom stereocenters. The summed E-state index contributed by atoms with van der Waals surface area (Å²) in [5, 5.41) is 2.55. The van der Waals surface area contributed by atoms with Gasteiger partial charge in [-0.3, -0.25) is 9.10 Å². The van der Waals surface area contributed by atoms with E-state index in [0.717, 1.165) is 24.5 Å². The molecule has 0 aromatic heterocycles. The van der Waals surface area contributed by atoms with Crippen LogP contribution in [0.15, 0.2) is 42.5 Å². The van der Waals surface area contributed by atoms with Crippen LogP contribution in [0.25, 0.3) is 0 Å². The third-order valence-corrected chi connectivity index (χ3v) is 4.53. The second-order valence-corrected chi connectivity index (χ2v) is 8.01. The number of anilines is 2. The molecule has 146 valence electrons. The molecule has 0 heterocycles. The predicted octanol–water partition coefficient (Wildman–Crippen LogP) is 3.16. The highest BCUT2D eigenvalue weighted by Gasteiger charge is 2.22. The molecule has 6 nitrogen and oxygen atoms in total. The Morgan fingerprint density at radius 3 is 2.26 bits per heavy atom. The van der Waals surface area contributed by atoms with Gasteiger partial charge in [-0.2, -0.15) is 0 Å². The van der Waals surface area contributed by atoms with Crippen LogP contribution in [0.4, 0.5) is 20.2 Å². The van der Waals surface area contributed by atoms with Crippen molar-refractivity contribution < 1.29 is 26.7 Å². The van der Waals surface area contributed by atoms with Gasteiger partial charge in [-0.1, -0.05) is 0 Å². The first kappa shape index (κ1) is 20.6. The number of hydrogen-bond donors (Lipinski definition) is 1. The standard InChI is InChI=1S/C18H20F2N2O4S/c1-12(2)26-15-7-4-13(5-8-15)21-18(23)11-22(27(3,24)25)14-6-9-16(19)17(20)10-14/h4-10,12H,11H2,1-3H3,(H,21,23). The molecule has 9 heteroatoms. The molecule has 0 aliphatic heterocycles. The number of ether oxygens (including phenoxy) is 1. The van der Waals surface area contributed by atoms with E-state index in [1.54, 1.807) is 24.3 Å². The van der Waals surface area contributed by atoms with Gasteiger partial charge in [0.15, 0.2) is 11.6 Å². The normalized spacial score (nSPS) is 11.3. The SMILES string of the molecule is CC(C)Oc1ccc(NC(=O)CN(c2ccc(F)c(F)c2)S(C)(=O)=O)cc1. The lowest BCUT2D eigenvalue weighted by Gasteiger charge is -2.22. The minimum atomic E-state index is -3.89. The molecule has 27 heavy (non-hydrogen) atoms. The fraction of sp³-hybridized carbons (Fsp3) is 0.278. The monoisotopic (exact) mass is 398 g/mol. The summed E-state index contributed by atoms with van der Waals surface area (Å²) in [6, 6.07) is 9.16. The average Bonchev–Trinajstić information content (AvgIpc) is 2.56. The Labute approximate surface area is 156 Å². The highest BCUT2D eigenvalue weighted by atomic mass is 32.2. The Morgan fingerprint density at radius 2 is 1.74 bits per heavy atom. The highest BCUT2D eigenvalue weighted by molar-refractivity contribution is 7.92. The molecule has 0 saturated carbocycles. The summed E-state index contributed by atoms with van der Waals surface area (Å²) in [4.78, 5) is 12.2. The lowest BCUT2D eigenvalue weighted by atomic mass is 10.3. The Hall–Kier alpha value is -2.68. The second kappa shape index (κ2) is 8.34. The molecule has 0 radical (unpaired) electrons. The molecule has 0 spiro atoms. The molecule has 2 aromatic carbocycles. The molecule has 2 aromatic rings. The molecule has 0 bridgehead atoms.